The lowest BCUT2D eigenvalue weighted by molar-refractivity contribution is -0.117. The summed E-state index contributed by atoms with van der Waals surface area (Å²) in [4.78, 5) is 23.2. The lowest BCUT2D eigenvalue weighted by Gasteiger charge is -2.05. The monoisotopic (exact) mass is 334 g/mol. The first kappa shape index (κ1) is 14.1. The van der Waals surface area contributed by atoms with Crippen molar-refractivity contribution in [2.24, 2.45) is 0 Å². The van der Waals surface area contributed by atoms with Crippen molar-refractivity contribution in [2.75, 3.05) is 0 Å². The number of hydrogen-bond acceptors (Lipinski definition) is 3. The molecule has 0 spiro atoms. The van der Waals surface area contributed by atoms with E-state index in [0.717, 1.165) is 4.47 Å². The minimum Gasteiger partial charge on any atom is -0.465 e. The molecule has 2 rings (SSSR count). The van der Waals surface area contributed by atoms with Crippen LogP contribution in [0.1, 0.15) is 16.1 Å². The molecule has 1 aromatic carbocycles. The lowest BCUT2D eigenvalue weighted by Crippen LogP contribution is -2.40. The third-order valence-electron chi connectivity index (χ3n) is 2.35. The number of benzene rings is 1. The van der Waals surface area contributed by atoms with E-state index in [4.69, 9.17) is 4.42 Å². The summed E-state index contributed by atoms with van der Waals surface area (Å²) in [7, 11) is 0. The second-order valence-corrected chi connectivity index (χ2v) is 4.71. The molecule has 0 saturated heterocycles. The van der Waals surface area contributed by atoms with Gasteiger partial charge in [-0.15, -0.1) is 0 Å². The Morgan fingerprint density at radius 3 is 2.50 bits per heavy atom. The van der Waals surface area contributed by atoms with Crippen LogP contribution >= 0.6 is 15.9 Å². The molecule has 20 heavy (non-hydrogen) atoms. The minimum atomic E-state index is -0.452. The summed E-state index contributed by atoms with van der Waals surface area (Å²) in [5, 5.41) is 0. The van der Waals surface area contributed by atoms with Gasteiger partial charge in [-0.3, -0.25) is 20.4 Å². The fraction of sp³-hybridized carbons (Fsp3) is 0. The van der Waals surface area contributed by atoms with Gasteiger partial charge in [-0.2, -0.15) is 0 Å². The van der Waals surface area contributed by atoms with Crippen molar-refractivity contribution in [1.29, 1.82) is 0 Å². The second-order valence-electron chi connectivity index (χ2n) is 3.80. The summed E-state index contributed by atoms with van der Waals surface area (Å²) >= 11 is 3.28. The Morgan fingerprint density at radius 2 is 1.85 bits per heavy atom. The van der Waals surface area contributed by atoms with E-state index in [1.165, 1.54) is 18.4 Å². The average Bonchev–Trinajstić information content (AvgIpc) is 2.96. The van der Waals surface area contributed by atoms with E-state index in [2.05, 4.69) is 26.8 Å². The van der Waals surface area contributed by atoms with Gasteiger partial charge in [-0.05, 0) is 42.5 Å². The van der Waals surface area contributed by atoms with Crippen molar-refractivity contribution in [2.45, 2.75) is 0 Å². The molecule has 0 bridgehead atoms. The van der Waals surface area contributed by atoms with Crippen LogP contribution in [0.4, 0.5) is 0 Å². The highest BCUT2D eigenvalue weighted by molar-refractivity contribution is 9.10. The third kappa shape index (κ3) is 4.10. The van der Waals surface area contributed by atoms with Gasteiger partial charge in [-0.1, -0.05) is 15.9 Å². The molecule has 5 nitrogen and oxygen atoms in total. The number of amides is 2. The van der Waals surface area contributed by atoms with Crippen molar-refractivity contribution in [3.8, 4) is 0 Å². The third-order valence-corrected chi connectivity index (χ3v) is 2.88. The first-order valence-electron chi connectivity index (χ1n) is 5.72. The first-order valence-corrected chi connectivity index (χ1v) is 6.52. The van der Waals surface area contributed by atoms with Gasteiger partial charge in [0, 0.05) is 16.1 Å². The van der Waals surface area contributed by atoms with Gasteiger partial charge in [0.05, 0.1) is 6.26 Å². The van der Waals surface area contributed by atoms with Crippen LogP contribution in [0.25, 0.3) is 6.08 Å². The number of furan rings is 1. The molecular formula is C14H11BrN2O3. The average molecular weight is 335 g/mol. The van der Waals surface area contributed by atoms with Crippen molar-refractivity contribution in [1.82, 2.24) is 10.9 Å². The summed E-state index contributed by atoms with van der Waals surface area (Å²) in [6.07, 6.45) is 4.27. The Bertz CT molecular complexity index is 618. The van der Waals surface area contributed by atoms with Crippen molar-refractivity contribution >= 4 is 33.8 Å². The Balaban J connectivity index is 1.84. The fourth-order valence-corrected chi connectivity index (χ4v) is 1.64. The maximum atomic E-state index is 11.7. The fourth-order valence-electron chi connectivity index (χ4n) is 1.38. The predicted molar refractivity (Wildman–Crippen MR) is 77.5 cm³/mol. The van der Waals surface area contributed by atoms with Crippen LogP contribution in [0, 0.1) is 0 Å². The number of hydrazine groups is 1. The maximum absolute atomic E-state index is 11.7. The summed E-state index contributed by atoms with van der Waals surface area (Å²) < 4.78 is 5.91. The Hall–Kier alpha value is -2.34. The minimum absolute atomic E-state index is 0.391. The Labute approximate surface area is 123 Å². The molecule has 2 amide bonds. The molecule has 0 fully saturated rings. The standard InChI is InChI=1S/C14H11BrN2O3/c15-11-5-3-10(4-6-11)14(19)17-16-13(18)8-7-12-2-1-9-20-12/h1-9H,(H,16,18)(H,17,19)/b8-7+. The quantitative estimate of drug-likeness (QED) is 0.669. The number of hydrogen-bond donors (Lipinski definition) is 2. The molecule has 0 radical (unpaired) electrons. The predicted octanol–water partition coefficient (Wildman–Crippen LogP) is 2.52. The van der Waals surface area contributed by atoms with Crippen LogP contribution in [0.5, 0.6) is 0 Å². The maximum Gasteiger partial charge on any atom is 0.269 e. The van der Waals surface area contributed by atoms with Crippen molar-refractivity contribution in [3.63, 3.8) is 0 Å². The summed E-state index contributed by atoms with van der Waals surface area (Å²) in [6.45, 7) is 0. The van der Waals surface area contributed by atoms with E-state index in [9.17, 15) is 9.59 Å². The Kier molecular flexibility index (Phi) is 4.73. The SMILES string of the molecule is O=C(/C=C/c1ccco1)NNC(=O)c1ccc(Br)cc1. The molecule has 0 aliphatic carbocycles. The van der Waals surface area contributed by atoms with Crippen molar-refractivity contribution < 1.29 is 14.0 Å². The second kappa shape index (κ2) is 6.72. The molecule has 102 valence electrons. The van der Waals surface area contributed by atoms with E-state index in [1.807, 2.05) is 0 Å². The largest absolute Gasteiger partial charge is 0.465 e. The molecule has 2 N–H and O–H groups in total. The number of halogens is 1. The zero-order valence-corrected chi connectivity index (χ0v) is 11.9. The van der Waals surface area contributed by atoms with Gasteiger partial charge in [0.1, 0.15) is 5.76 Å². The summed E-state index contributed by atoms with van der Waals surface area (Å²) in [5.41, 5.74) is 5.04. The highest BCUT2D eigenvalue weighted by atomic mass is 79.9. The number of carbonyl (C=O) groups excluding carboxylic acids is 2. The van der Waals surface area contributed by atoms with E-state index >= 15 is 0 Å². The molecule has 6 heteroatoms. The number of carbonyl (C=O) groups is 2. The summed E-state index contributed by atoms with van der Waals surface area (Å²) in [5.74, 6) is -0.288. The van der Waals surface area contributed by atoms with E-state index in [1.54, 1.807) is 36.4 Å². The smallest absolute Gasteiger partial charge is 0.269 e. The molecule has 0 aliphatic heterocycles. The van der Waals surface area contributed by atoms with Crippen LogP contribution in [0.15, 0.2) is 57.6 Å². The summed E-state index contributed by atoms with van der Waals surface area (Å²) in [6, 6.07) is 10.2. The number of rotatable bonds is 3. The normalized spacial score (nSPS) is 10.4. The zero-order valence-electron chi connectivity index (χ0n) is 10.3. The molecule has 0 saturated carbocycles. The Morgan fingerprint density at radius 1 is 1.10 bits per heavy atom. The van der Waals surface area contributed by atoms with E-state index in [0.29, 0.717) is 11.3 Å². The molecule has 1 aromatic heterocycles. The molecule has 0 atom stereocenters. The van der Waals surface area contributed by atoms with Gasteiger partial charge < -0.3 is 4.42 Å². The lowest BCUT2D eigenvalue weighted by atomic mass is 10.2. The van der Waals surface area contributed by atoms with E-state index < -0.39 is 11.8 Å². The van der Waals surface area contributed by atoms with Crippen LogP contribution < -0.4 is 10.9 Å². The van der Waals surface area contributed by atoms with Gasteiger partial charge in [0.25, 0.3) is 11.8 Å². The van der Waals surface area contributed by atoms with Gasteiger partial charge in [-0.25, -0.2) is 0 Å². The molecule has 0 aliphatic rings. The first-order chi connectivity index (χ1) is 9.65. The van der Waals surface area contributed by atoms with E-state index in [-0.39, 0.29) is 0 Å². The van der Waals surface area contributed by atoms with Crippen LogP contribution in [0.2, 0.25) is 0 Å². The molecule has 2 aromatic rings. The van der Waals surface area contributed by atoms with Crippen LogP contribution in [0.3, 0.4) is 0 Å². The van der Waals surface area contributed by atoms with Gasteiger partial charge >= 0.3 is 0 Å². The van der Waals surface area contributed by atoms with Crippen molar-refractivity contribution in [3.05, 3.63) is 64.5 Å². The van der Waals surface area contributed by atoms with Crippen LogP contribution in [-0.2, 0) is 4.79 Å². The highest BCUT2D eigenvalue weighted by Crippen LogP contribution is 2.10. The van der Waals surface area contributed by atoms with Gasteiger partial charge in [0.2, 0.25) is 0 Å². The van der Waals surface area contributed by atoms with Gasteiger partial charge in [0.15, 0.2) is 0 Å². The molecule has 0 unspecified atom stereocenters. The highest BCUT2D eigenvalue weighted by Gasteiger charge is 2.05. The molecular weight excluding hydrogens is 324 g/mol. The molecule has 1 heterocycles. The zero-order chi connectivity index (χ0) is 14.4. The topological polar surface area (TPSA) is 71.3 Å². The number of nitrogens with one attached hydrogen (secondary N) is 2. The van der Waals surface area contributed by atoms with Crippen LogP contribution in [-0.4, -0.2) is 11.8 Å².